The van der Waals surface area contributed by atoms with Crippen LogP contribution in [0.1, 0.15) is 19.3 Å². The van der Waals surface area contributed by atoms with Crippen LogP contribution in [0, 0.1) is 5.82 Å². The van der Waals surface area contributed by atoms with E-state index in [2.05, 4.69) is 20.6 Å². The highest BCUT2D eigenvalue weighted by molar-refractivity contribution is 6.31. The highest BCUT2D eigenvalue weighted by atomic mass is 35.5. The van der Waals surface area contributed by atoms with Gasteiger partial charge in [-0.1, -0.05) is 18.0 Å². The lowest BCUT2D eigenvalue weighted by Gasteiger charge is -2.09. The minimum Gasteiger partial charge on any atom is -0.370 e. The lowest BCUT2D eigenvalue weighted by molar-refractivity contribution is 0.628. The van der Waals surface area contributed by atoms with Gasteiger partial charge in [0.1, 0.15) is 23.8 Å². The van der Waals surface area contributed by atoms with E-state index in [9.17, 15) is 4.39 Å². The van der Waals surface area contributed by atoms with Crippen LogP contribution in [-0.2, 0) is 0 Å². The first kappa shape index (κ1) is 16.5. The maximum atomic E-state index is 13.1. The summed E-state index contributed by atoms with van der Waals surface area (Å²) in [5, 5.41) is 6.36. The average molecular weight is 324 g/mol. The summed E-state index contributed by atoms with van der Waals surface area (Å²) in [5.74, 6) is 0.898. The van der Waals surface area contributed by atoms with Gasteiger partial charge in [-0.3, -0.25) is 0 Å². The minimum atomic E-state index is -0.449. The van der Waals surface area contributed by atoms with Gasteiger partial charge in [-0.15, -0.1) is 0 Å². The molecule has 0 atom stereocenters. The molecule has 0 spiro atoms. The molecular weight excluding hydrogens is 305 g/mol. The van der Waals surface area contributed by atoms with Gasteiger partial charge in [0.15, 0.2) is 0 Å². The number of rotatable bonds is 8. The molecule has 0 amide bonds. The van der Waals surface area contributed by atoms with E-state index in [4.69, 9.17) is 17.3 Å². The molecule has 22 heavy (non-hydrogen) atoms. The number of anilines is 3. The van der Waals surface area contributed by atoms with Crippen molar-refractivity contribution in [1.29, 1.82) is 0 Å². The van der Waals surface area contributed by atoms with Gasteiger partial charge in [-0.05, 0) is 37.6 Å². The highest BCUT2D eigenvalue weighted by Gasteiger charge is 2.03. The zero-order chi connectivity index (χ0) is 15.8. The van der Waals surface area contributed by atoms with E-state index < -0.39 is 5.82 Å². The Balaban J connectivity index is 1.91. The van der Waals surface area contributed by atoms with Gasteiger partial charge in [0.2, 0.25) is 0 Å². The van der Waals surface area contributed by atoms with Crippen molar-refractivity contribution in [2.45, 2.75) is 19.3 Å². The Labute approximate surface area is 134 Å². The zero-order valence-corrected chi connectivity index (χ0v) is 12.9. The predicted molar refractivity (Wildman–Crippen MR) is 88.1 cm³/mol. The molecule has 0 radical (unpaired) electrons. The molecule has 5 nitrogen and oxygen atoms in total. The van der Waals surface area contributed by atoms with Gasteiger partial charge in [0, 0.05) is 18.3 Å². The fraction of sp³-hybridized carbons (Fsp3) is 0.333. The number of unbranched alkanes of at least 4 members (excludes halogenated alkanes) is 2. The Bertz CT molecular complexity index is 608. The van der Waals surface area contributed by atoms with Crippen LogP contribution in [0.15, 0.2) is 30.6 Å². The van der Waals surface area contributed by atoms with Crippen molar-refractivity contribution in [1.82, 2.24) is 9.97 Å². The van der Waals surface area contributed by atoms with Gasteiger partial charge >= 0.3 is 0 Å². The summed E-state index contributed by atoms with van der Waals surface area (Å²) < 4.78 is 13.1. The molecule has 2 rings (SSSR count). The summed E-state index contributed by atoms with van der Waals surface area (Å²) >= 11 is 5.75. The standard InChI is InChI=1S/C15H19ClFN5/c16-12-8-11(4-5-13(12)17)22-15-9-14(20-10-21-15)19-7-3-1-2-6-18/h4-5,8-10H,1-3,6-7,18H2,(H2,19,20,21,22). The third kappa shape index (κ3) is 5.13. The van der Waals surface area contributed by atoms with Crippen LogP contribution in [-0.4, -0.2) is 23.1 Å². The number of nitrogens with two attached hydrogens (primary N) is 1. The summed E-state index contributed by atoms with van der Waals surface area (Å²) in [4.78, 5) is 8.29. The number of benzene rings is 1. The molecular formula is C15H19ClFN5. The zero-order valence-electron chi connectivity index (χ0n) is 12.1. The van der Waals surface area contributed by atoms with Gasteiger partial charge in [0.05, 0.1) is 5.02 Å². The molecule has 1 aromatic carbocycles. The molecule has 0 saturated heterocycles. The Hall–Kier alpha value is -1.92. The maximum Gasteiger partial charge on any atom is 0.141 e. The van der Waals surface area contributed by atoms with Crippen molar-refractivity contribution in [2.24, 2.45) is 5.73 Å². The quantitative estimate of drug-likeness (QED) is 0.648. The van der Waals surface area contributed by atoms with Crippen molar-refractivity contribution in [2.75, 3.05) is 23.7 Å². The molecule has 0 aliphatic heterocycles. The largest absolute Gasteiger partial charge is 0.370 e. The SMILES string of the molecule is NCCCCCNc1cc(Nc2ccc(F)c(Cl)c2)ncn1. The Morgan fingerprint density at radius 2 is 1.91 bits per heavy atom. The molecule has 0 aliphatic carbocycles. The maximum absolute atomic E-state index is 13.1. The Morgan fingerprint density at radius 1 is 1.09 bits per heavy atom. The van der Waals surface area contributed by atoms with Gasteiger partial charge in [0.25, 0.3) is 0 Å². The van der Waals surface area contributed by atoms with E-state index in [0.717, 1.165) is 38.2 Å². The first-order valence-electron chi connectivity index (χ1n) is 7.17. The van der Waals surface area contributed by atoms with E-state index in [1.807, 2.05) is 0 Å². The fourth-order valence-electron chi connectivity index (χ4n) is 1.91. The summed E-state index contributed by atoms with van der Waals surface area (Å²) in [6.45, 7) is 1.56. The lowest BCUT2D eigenvalue weighted by Crippen LogP contribution is -2.06. The smallest absolute Gasteiger partial charge is 0.141 e. The molecule has 0 saturated carbocycles. The summed E-state index contributed by atoms with van der Waals surface area (Å²) in [7, 11) is 0. The van der Waals surface area contributed by atoms with E-state index in [1.54, 1.807) is 12.1 Å². The van der Waals surface area contributed by atoms with Gasteiger partial charge in [-0.25, -0.2) is 14.4 Å². The number of hydrogen-bond donors (Lipinski definition) is 3. The highest BCUT2D eigenvalue weighted by Crippen LogP contribution is 2.22. The molecule has 0 aliphatic rings. The molecule has 1 heterocycles. The van der Waals surface area contributed by atoms with E-state index in [-0.39, 0.29) is 5.02 Å². The van der Waals surface area contributed by atoms with E-state index >= 15 is 0 Å². The van der Waals surface area contributed by atoms with Crippen molar-refractivity contribution in [3.8, 4) is 0 Å². The van der Waals surface area contributed by atoms with E-state index in [1.165, 1.54) is 18.5 Å². The third-order valence-electron chi connectivity index (χ3n) is 3.05. The molecule has 0 fully saturated rings. The van der Waals surface area contributed by atoms with Crippen LogP contribution in [0.3, 0.4) is 0 Å². The van der Waals surface area contributed by atoms with Crippen molar-refractivity contribution < 1.29 is 4.39 Å². The first-order chi connectivity index (χ1) is 10.7. The predicted octanol–water partition coefficient (Wildman–Crippen LogP) is 3.55. The van der Waals surface area contributed by atoms with Crippen molar-refractivity contribution in [3.63, 3.8) is 0 Å². The summed E-state index contributed by atoms with van der Waals surface area (Å²) in [6, 6.07) is 6.21. The fourth-order valence-corrected chi connectivity index (χ4v) is 2.09. The van der Waals surface area contributed by atoms with Gasteiger partial charge in [-0.2, -0.15) is 0 Å². The second kappa shape index (κ2) is 8.51. The first-order valence-corrected chi connectivity index (χ1v) is 7.55. The minimum absolute atomic E-state index is 0.0670. The number of nitrogens with zero attached hydrogens (tertiary/aromatic N) is 2. The topological polar surface area (TPSA) is 75.9 Å². The number of nitrogens with one attached hydrogen (secondary N) is 2. The van der Waals surface area contributed by atoms with Crippen molar-refractivity contribution >= 4 is 28.9 Å². The van der Waals surface area contributed by atoms with Crippen LogP contribution in [0.4, 0.5) is 21.7 Å². The monoisotopic (exact) mass is 323 g/mol. The van der Waals surface area contributed by atoms with Crippen molar-refractivity contribution in [3.05, 3.63) is 41.4 Å². The third-order valence-corrected chi connectivity index (χ3v) is 3.34. The van der Waals surface area contributed by atoms with E-state index in [0.29, 0.717) is 11.5 Å². The normalized spacial score (nSPS) is 10.5. The van der Waals surface area contributed by atoms with Gasteiger partial charge < -0.3 is 16.4 Å². The molecule has 4 N–H and O–H groups in total. The summed E-state index contributed by atoms with van der Waals surface area (Å²) in [5.41, 5.74) is 6.12. The van der Waals surface area contributed by atoms with Crippen LogP contribution < -0.4 is 16.4 Å². The number of halogens is 2. The number of aromatic nitrogens is 2. The molecule has 7 heteroatoms. The van der Waals surface area contributed by atoms with Crippen LogP contribution in [0.25, 0.3) is 0 Å². The Morgan fingerprint density at radius 3 is 2.68 bits per heavy atom. The summed E-state index contributed by atoms with van der Waals surface area (Å²) in [6.07, 6.45) is 4.63. The molecule has 0 bridgehead atoms. The molecule has 118 valence electrons. The lowest BCUT2D eigenvalue weighted by atomic mass is 10.2. The average Bonchev–Trinajstić information content (AvgIpc) is 2.51. The van der Waals surface area contributed by atoms with Crippen LogP contribution in [0.2, 0.25) is 5.02 Å². The molecule has 2 aromatic rings. The second-order valence-electron chi connectivity index (χ2n) is 4.82. The number of hydrogen-bond acceptors (Lipinski definition) is 5. The van der Waals surface area contributed by atoms with Crippen LogP contribution in [0.5, 0.6) is 0 Å². The second-order valence-corrected chi connectivity index (χ2v) is 5.23. The Kier molecular flexibility index (Phi) is 6.36. The molecule has 1 aromatic heterocycles. The molecule has 0 unspecified atom stereocenters. The van der Waals surface area contributed by atoms with Crippen LogP contribution >= 0.6 is 11.6 Å².